The van der Waals surface area contributed by atoms with E-state index in [9.17, 15) is 9.59 Å². The Bertz CT molecular complexity index is 1150. The van der Waals surface area contributed by atoms with E-state index >= 15 is 0 Å². The molecule has 2 aliphatic rings. The normalized spacial score (nSPS) is 18.1. The molecule has 0 N–H and O–H groups in total. The zero-order valence-electron chi connectivity index (χ0n) is 18.8. The van der Waals surface area contributed by atoms with E-state index in [-0.39, 0.29) is 17.5 Å². The minimum absolute atomic E-state index is 0.0321. The van der Waals surface area contributed by atoms with Crippen LogP contribution in [0, 0.1) is 0 Å². The molecule has 3 heterocycles. The number of rotatable bonds is 6. The third kappa shape index (κ3) is 5.18. The Morgan fingerprint density at radius 3 is 2.58 bits per heavy atom. The molecule has 5 rings (SSSR count). The van der Waals surface area contributed by atoms with Crippen LogP contribution in [0.15, 0.2) is 51.7 Å². The second kappa shape index (κ2) is 10.4. The minimum Gasteiger partial charge on any atom is -0.339 e. The predicted molar refractivity (Wildman–Crippen MR) is 135 cm³/mol. The molecule has 2 fully saturated rings. The Balaban J connectivity index is 1.27. The zero-order valence-corrected chi connectivity index (χ0v) is 20.5. The highest BCUT2D eigenvalue weighted by atomic mass is 32.2. The molecule has 3 aromatic rings. The van der Waals surface area contributed by atoms with Gasteiger partial charge in [-0.15, -0.1) is 11.3 Å². The third-order valence-electron chi connectivity index (χ3n) is 6.72. The molecule has 174 valence electrons. The van der Waals surface area contributed by atoms with E-state index in [2.05, 4.69) is 22.4 Å². The van der Waals surface area contributed by atoms with E-state index in [4.69, 9.17) is 4.98 Å². The largest absolute Gasteiger partial charge is 0.339 e. The molecule has 8 heteroatoms. The highest BCUT2D eigenvalue weighted by Gasteiger charge is 2.25. The van der Waals surface area contributed by atoms with Gasteiger partial charge < -0.3 is 4.90 Å². The molecule has 1 aliphatic carbocycles. The highest BCUT2D eigenvalue weighted by Crippen LogP contribution is 2.31. The Hall–Kier alpha value is -2.16. The van der Waals surface area contributed by atoms with Gasteiger partial charge in [0.25, 0.3) is 5.56 Å². The molecule has 1 saturated carbocycles. The van der Waals surface area contributed by atoms with Crippen molar-refractivity contribution in [1.82, 2.24) is 19.4 Å². The number of amides is 1. The number of carbonyl (C=O) groups excluding carboxylic acids is 1. The number of hydrogen-bond donors (Lipinski definition) is 0. The third-order valence-corrected chi connectivity index (χ3v) is 8.52. The first kappa shape index (κ1) is 22.6. The molecule has 1 aromatic carbocycles. The van der Waals surface area contributed by atoms with Gasteiger partial charge in [-0.05, 0) is 36.4 Å². The fraction of sp³-hybridized carbons (Fsp3) is 0.480. The molecular formula is C25H30N4O2S2. The summed E-state index contributed by atoms with van der Waals surface area (Å²) < 4.78 is 1.89. The van der Waals surface area contributed by atoms with Crippen LogP contribution in [-0.2, 0) is 11.3 Å². The fourth-order valence-corrected chi connectivity index (χ4v) is 6.60. The topological polar surface area (TPSA) is 58.4 Å². The van der Waals surface area contributed by atoms with E-state index in [1.54, 1.807) is 11.3 Å². The highest BCUT2D eigenvalue weighted by molar-refractivity contribution is 7.99. The Kier molecular flexibility index (Phi) is 7.13. The smallest absolute Gasteiger partial charge is 0.262 e. The summed E-state index contributed by atoms with van der Waals surface area (Å²) in [4.78, 5) is 36.9. The van der Waals surface area contributed by atoms with Gasteiger partial charge in [0.1, 0.15) is 0 Å². The average molecular weight is 483 g/mol. The molecule has 0 bridgehead atoms. The van der Waals surface area contributed by atoms with Gasteiger partial charge in [-0.2, -0.15) is 0 Å². The molecule has 0 radical (unpaired) electrons. The SMILES string of the molecule is O=C(CSc1nc2ccccc2c(=O)n1C1CCCCC1)N1CCN(Cc2cccs2)CC1. The van der Waals surface area contributed by atoms with Crippen LogP contribution in [0.4, 0.5) is 0 Å². The summed E-state index contributed by atoms with van der Waals surface area (Å²) in [6.07, 6.45) is 5.53. The van der Waals surface area contributed by atoms with Crippen LogP contribution < -0.4 is 5.56 Å². The Labute approximate surface area is 202 Å². The van der Waals surface area contributed by atoms with Crippen molar-refractivity contribution in [3.63, 3.8) is 0 Å². The van der Waals surface area contributed by atoms with Gasteiger partial charge in [0.05, 0.1) is 16.7 Å². The van der Waals surface area contributed by atoms with E-state index in [1.165, 1.54) is 23.1 Å². The van der Waals surface area contributed by atoms with Crippen molar-refractivity contribution in [1.29, 1.82) is 0 Å². The van der Waals surface area contributed by atoms with Crippen molar-refractivity contribution in [2.24, 2.45) is 0 Å². The maximum atomic E-state index is 13.4. The molecule has 6 nitrogen and oxygen atoms in total. The minimum atomic E-state index is 0.0321. The molecule has 1 saturated heterocycles. The van der Waals surface area contributed by atoms with Crippen LogP contribution in [0.5, 0.6) is 0 Å². The summed E-state index contributed by atoms with van der Waals surface area (Å²) in [6.45, 7) is 4.27. The van der Waals surface area contributed by atoms with E-state index in [1.807, 2.05) is 33.7 Å². The molecule has 0 unspecified atom stereocenters. The number of thiophene rings is 1. The number of carbonyl (C=O) groups is 1. The summed E-state index contributed by atoms with van der Waals surface area (Å²) in [7, 11) is 0. The van der Waals surface area contributed by atoms with Gasteiger partial charge in [0, 0.05) is 43.6 Å². The van der Waals surface area contributed by atoms with Crippen molar-refractivity contribution in [3.8, 4) is 0 Å². The Morgan fingerprint density at radius 1 is 1.03 bits per heavy atom. The number of benzene rings is 1. The van der Waals surface area contributed by atoms with Crippen molar-refractivity contribution in [2.75, 3.05) is 31.9 Å². The molecule has 1 aliphatic heterocycles. The number of nitrogens with zero attached hydrogens (tertiary/aromatic N) is 4. The summed E-state index contributed by atoms with van der Waals surface area (Å²) in [5.74, 6) is 0.455. The van der Waals surface area contributed by atoms with Crippen molar-refractivity contribution >= 4 is 39.9 Å². The van der Waals surface area contributed by atoms with Crippen LogP contribution in [0.25, 0.3) is 10.9 Å². The van der Waals surface area contributed by atoms with Crippen LogP contribution in [0.1, 0.15) is 43.0 Å². The van der Waals surface area contributed by atoms with Crippen LogP contribution in [0.3, 0.4) is 0 Å². The molecular weight excluding hydrogens is 452 g/mol. The summed E-state index contributed by atoms with van der Waals surface area (Å²) in [5, 5.41) is 3.47. The van der Waals surface area contributed by atoms with Crippen molar-refractivity contribution in [3.05, 3.63) is 57.0 Å². The number of aromatic nitrogens is 2. The number of piperazine rings is 1. The lowest BCUT2D eigenvalue weighted by atomic mass is 9.95. The van der Waals surface area contributed by atoms with E-state index in [0.717, 1.165) is 58.4 Å². The van der Waals surface area contributed by atoms with Gasteiger partial charge >= 0.3 is 0 Å². The molecule has 0 atom stereocenters. The van der Waals surface area contributed by atoms with Crippen molar-refractivity contribution in [2.45, 2.75) is 49.8 Å². The van der Waals surface area contributed by atoms with E-state index in [0.29, 0.717) is 21.8 Å². The number of para-hydroxylation sites is 1. The van der Waals surface area contributed by atoms with E-state index < -0.39 is 0 Å². The average Bonchev–Trinajstić information content (AvgIpc) is 3.37. The fourth-order valence-electron chi connectivity index (χ4n) is 4.88. The number of thioether (sulfide) groups is 1. The summed E-state index contributed by atoms with van der Waals surface area (Å²) in [6, 6.07) is 12.0. The number of fused-ring (bicyclic) bond motifs is 1. The maximum Gasteiger partial charge on any atom is 0.262 e. The zero-order chi connectivity index (χ0) is 22.6. The quantitative estimate of drug-likeness (QED) is 0.385. The maximum absolute atomic E-state index is 13.4. The summed E-state index contributed by atoms with van der Waals surface area (Å²) in [5.41, 5.74) is 0.747. The van der Waals surface area contributed by atoms with Gasteiger partial charge in [0.2, 0.25) is 5.91 Å². The molecule has 1 amide bonds. The molecule has 0 spiro atoms. The monoisotopic (exact) mass is 482 g/mol. The standard InChI is InChI=1S/C25H30N4O2S2/c30-23(28-14-12-27(13-15-28)17-20-9-6-16-32-20)18-33-25-26-22-11-5-4-10-21(22)24(31)29(25)19-7-2-1-3-8-19/h4-6,9-11,16,19H,1-3,7-8,12-15,17-18H2. The number of hydrogen-bond acceptors (Lipinski definition) is 6. The lowest BCUT2D eigenvalue weighted by molar-refractivity contribution is -0.130. The summed E-state index contributed by atoms with van der Waals surface area (Å²) >= 11 is 3.21. The van der Waals surface area contributed by atoms with Crippen LogP contribution >= 0.6 is 23.1 Å². The lowest BCUT2D eigenvalue weighted by Gasteiger charge is -2.34. The first-order valence-corrected chi connectivity index (χ1v) is 13.7. The first-order chi connectivity index (χ1) is 16.2. The first-order valence-electron chi connectivity index (χ1n) is 11.9. The van der Waals surface area contributed by atoms with Gasteiger partial charge in [-0.3, -0.25) is 19.1 Å². The predicted octanol–water partition coefficient (Wildman–Crippen LogP) is 4.40. The second-order valence-electron chi connectivity index (χ2n) is 8.90. The molecule has 2 aromatic heterocycles. The van der Waals surface area contributed by atoms with Crippen LogP contribution in [-0.4, -0.2) is 57.2 Å². The second-order valence-corrected chi connectivity index (χ2v) is 10.9. The van der Waals surface area contributed by atoms with Crippen LogP contribution in [0.2, 0.25) is 0 Å². The van der Waals surface area contributed by atoms with Gasteiger partial charge in [-0.1, -0.05) is 49.2 Å². The van der Waals surface area contributed by atoms with Gasteiger partial charge in [0.15, 0.2) is 5.16 Å². The lowest BCUT2D eigenvalue weighted by Crippen LogP contribution is -2.48. The van der Waals surface area contributed by atoms with Gasteiger partial charge in [-0.25, -0.2) is 4.98 Å². The Morgan fingerprint density at radius 2 is 1.82 bits per heavy atom. The van der Waals surface area contributed by atoms with Crippen molar-refractivity contribution < 1.29 is 4.79 Å². The molecule has 33 heavy (non-hydrogen) atoms.